The first-order chi connectivity index (χ1) is 11.6. The van der Waals surface area contributed by atoms with E-state index in [1.165, 1.54) is 0 Å². The summed E-state index contributed by atoms with van der Waals surface area (Å²) in [4.78, 5) is 27.7. The van der Waals surface area contributed by atoms with Crippen LogP contribution in [0, 0.1) is 6.92 Å². The molecule has 0 radical (unpaired) electrons. The van der Waals surface area contributed by atoms with Gasteiger partial charge < -0.3 is 15.0 Å². The average Bonchev–Trinajstić information content (AvgIpc) is 2.94. The third-order valence-corrected chi connectivity index (χ3v) is 4.57. The Bertz CT molecular complexity index is 749. The summed E-state index contributed by atoms with van der Waals surface area (Å²) in [6.07, 6.45) is 2.01. The molecule has 1 amide bonds. The molecule has 1 aromatic carbocycles. The summed E-state index contributed by atoms with van der Waals surface area (Å²) in [7, 11) is 1.63. The van der Waals surface area contributed by atoms with Crippen LogP contribution in [0.3, 0.4) is 0 Å². The number of carbonyl (C=O) groups excluding carboxylic acids is 2. The number of hydrogen-bond donors (Lipinski definition) is 2. The van der Waals surface area contributed by atoms with E-state index in [1.54, 1.807) is 7.11 Å². The zero-order chi connectivity index (χ0) is 17.1. The third kappa shape index (κ3) is 3.12. The van der Waals surface area contributed by atoms with E-state index in [2.05, 4.69) is 10.3 Å². The van der Waals surface area contributed by atoms with Crippen LogP contribution in [0.2, 0.25) is 0 Å². The van der Waals surface area contributed by atoms with E-state index in [1.807, 2.05) is 37.3 Å². The smallest absolute Gasteiger partial charge is 0.268 e. The number of hydrogen-bond acceptors (Lipinski definition) is 3. The van der Waals surface area contributed by atoms with Gasteiger partial charge in [0.1, 0.15) is 5.69 Å². The van der Waals surface area contributed by atoms with Crippen LogP contribution in [0.5, 0.6) is 0 Å². The number of Topliss-reactive ketones (excluding diaryl/α,β-unsaturated/α-hetero) is 1. The lowest BCUT2D eigenvalue weighted by Gasteiger charge is -2.16. The second-order valence-electron chi connectivity index (χ2n) is 6.10. The molecule has 0 saturated carbocycles. The fourth-order valence-electron chi connectivity index (χ4n) is 3.28. The zero-order valence-corrected chi connectivity index (χ0v) is 14.0. The summed E-state index contributed by atoms with van der Waals surface area (Å²) in [5, 5.41) is 2.91. The van der Waals surface area contributed by atoms with Crippen molar-refractivity contribution < 1.29 is 14.3 Å². The molecule has 5 nitrogen and oxygen atoms in total. The largest absolute Gasteiger partial charge is 0.375 e. The first-order valence-corrected chi connectivity index (χ1v) is 8.22. The lowest BCUT2D eigenvalue weighted by molar-refractivity contribution is 0.0824. The Morgan fingerprint density at radius 2 is 2.04 bits per heavy atom. The maximum Gasteiger partial charge on any atom is 0.268 e. The van der Waals surface area contributed by atoms with Gasteiger partial charge in [-0.3, -0.25) is 9.59 Å². The Labute approximate surface area is 141 Å². The molecule has 2 N–H and O–H groups in total. The number of methoxy groups -OCH3 is 1. The van der Waals surface area contributed by atoms with E-state index in [4.69, 9.17) is 4.74 Å². The Balaban J connectivity index is 1.73. The van der Waals surface area contributed by atoms with E-state index >= 15 is 0 Å². The van der Waals surface area contributed by atoms with Crippen molar-refractivity contribution in [2.75, 3.05) is 13.7 Å². The molecule has 5 heteroatoms. The first kappa shape index (κ1) is 16.5. The molecule has 0 aliphatic heterocycles. The van der Waals surface area contributed by atoms with Gasteiger partial charge in [0.2, 0.25) is 0 Å². The molecule has 24 heavy (non-hydrogen) atoms. The summed E-state index contributed by atoms with van der Waals surface area (Å²) in [5.41, 5.74) is 3.84. The van der Waals surface area contributed by atoms with Crippen molar-refractivity contribution in [3.8, 4) is 0 Å². The fourth-order valence-corrected chi connectivity index (χ4v) is 3.28. The van der Waals surface area contributed by atoms with Crippen LogP contribution in [-0.4, -0.2) is 30.3 Å². The lowest BCUT2D eigenvalue weighted by atomic mass is 9.94. The van der Waals surface area contributed by atoms with Crippen molar-refractivity contribution in [1.29, 1.82) is 0 Å². The molecule has 0 fully saturated rings. The monoisotopic (exact) mass is 326 g/mol. The lowest BCUT2D eigenvalue weighted by Crippen LogP contribution is -2.29. The second-order valence-corrected chi connectivity index (χ2v) is 6.10. The topological polar surface area (TPSA) is 71.2 Å². The number of nitrogens with one attached hydrogen (secondary N) is 2. The highest BCUT2D eigenvalue weighted by molar-refractivity contribution is 6.04. The van der Waals surface area contributed by atoms with Crippen molar-refractivity contribution in [2.45, 2.75) is 32.3 Å². The van der Waals surface area contributed by atoms with Crippen LogP contribution < -0.4 is 5.32 Å². The molecule has 1 heterocycles. The SMILES string of the molecule is COC(CNC(=O)c1[nH]c2c(c1C)C(=O)CCC2)c1ccccc1. The number of ether oxygens (including phenoxy) is 1. The summed E-state index contributed by atoms with van der Waals surface area (Å²) >= 11 is 0. The second kappa shape index (κ2) is 7.01. The quantitative estimate of drug-likeness (QED) is 0.887. The Morgan fingerprint density at radius 1 is 1.29 bits per heavy atom. The molecule has 3 rings (SSSR count). The van der Waals surface area contributed by atoms with Crippen molar-refractivity contribution in [2.24, 2.45) is 0 Å². The molecule has 1 aliphatic carbocycles. The van der Waals surface area contributed by atoms with Gasteiger partial charge in [-0.05, 0) is 30.9 Å². The fraction of sp³-hybridized carbons (Fsp3) is 0.368. The average molecular weight is 326 g/mol. The van der Waals surface area contributed by atoms with Gasteiger partial charge in [-0.25, -0.2) is 0 Å². The summed E-state index contributed by atoms with van der Waals surface area (Å²) in [6.45, 7) is 2.20. The van der Waals surface area contributed by atoms with E-state index < -0.39 is 0 Å². The van der Waals surface area contributed by atoms with Gasteiger partial charge >= 0.3 is 0 Å². The predicted molar refractivity (Wildman–Crippen MR) is 91.3 cm³/mol. The number of aryl methyl sites for hydroxylation is 1. The van der Waals surface area contributed by atoms with Gasteiger partial charge in [0.15, 0.2) is 5.78 Å². The summed E-state index contributed by atoms with van der Waals surface area (Å²) in [5.74, 6) is -0.0733. The molecular formula is C19H22N2O3. The highest BCUT2D eigenvalue weighted by Gasteiger charge is 2.26. The van der Waals surface area contributed by atoms with Crippen molar-refractivity contribution in [3.63, 3.8) is 0 Å². The number of ketones is 1. The molecule has 1 aromatic heterocycles. The Hall–Kier alpha value is -2.40. The van der Waals surface area contributed by atoms with Crippen molar-refractivity contribution in [3.05, 3.63) is 58.4 Å². The van der Waals surface area contributed by atoms with Gasteiger partial charge in [0.25, 0.3) is 5.91 Å². The number of amides is 1. The van der Waals surface area contributed by atoms with Crippen molar-refractivity contribution in [1.82, 2.24) is 10.3 Å². The molecule has 1 atom stereocenters. The number of carbonyl (C=O) groups is 2. The molecule has 0 saturated heterocycles. The third-order valence-electron chi connectivity index (χ3n) is 4.57. The molecule has 126 valence electrons. The van der Waals surface area contributed by atoms with Gasteiger partial charge in [0, 0.05) is 31.3 Å². The standard InChI is InChI=1S/C19H22N2O3/c1-12-17-14(9-6-10-15(17)22)21-18(12)19(23)20-11-16(24-2)13-7-4-3-5-8-13/h3-5,7-8,16,21H,6,9-11H2,1-2H3,(H,20,23). The maximum atomic E-state index is 12.5. The number of aromatic amines is 1. The minimum atomic E-state index is -0.207. The minimum absolute atomic E-state index is 0.128. The molecular weight excluding hydrogens is 304 g/mol. The number of rotatable bonds is 5. The summed E-state index contributed by atoms with van der Waals surface area (Å²) in [6, 6.07) is 9.77. The van der Waals surface area contributed by atoms with Crippen LogP contribution in [0.25, 0.3) is 0 Å². The van der Waals surface area contributed by atoms with Crippen LogP contribution in [0.15, 0.2) is 30.3 Å². The van der Waals surface area contributed by atoms with Gasteiger partial charge in [-0.2, -0.15) is 0 Å². The Morgan fingerprint density at radius 3 is 2.71 bits per heavy atom. The van der Waals surface area contributed by atoms with Gasteiger partial charge in [0.05, 0.1) is 6.10 Å². The minimum Gasteiger partial charge on any atom is -0.375 e. The molecule has 1 aliphatic rings. The van der Waals surface area contributed by atoms with Gasteiger partial charge in [-0.15, -0.1) is 0 Å². The normalized spacial score (nSPS) is 15.0. The van der Waals surface area contributed by atoms with E-state index in [-0.39, 0.29) is 17.8 Å². The maximum absolute atomic E-state index is 12.5. The molecule has 0 spiro atoms. The number of aromatic nitrogens is 1. The van der Waals surface area contributed by atoms with Crippen molar-refractivity contribution >= 4 is 11.7 Å². The number of benzene rings is 1. The van der Waals surface area contributed by atoms with Gasteiger partial charge in [-0.1, -0.05) is 30.3 Å². The van der Waals surface area contributed by atoms with Crippen LogP contribution in [0.4, 0.5) is 0 Å². The summed E-state index contributed by atoms with van der Waals surface area (Å²) < 4.78 is 5.47. The predicted octanol–water partition coefficient (Wildman–Crippen LogP) is 2.96. The first-order valence-electron chi connectivity index (χ1n) is 8.22. The molecule has 1 unspecified atom stereocenters. The number of H-pyrrole nitrogens is 1. The van der Waals surface area contributed by atoms with E-state index in [9.17, 15) is 9.59 Å². The number of fused-ring (bicyclic) bond motifs is 1. The highest BCUT2D eigenvalue weighted by Crippen LogP contribution is 2.26. The van der Waals surface area contributed by atoms with E-state index in [0.717, 1.165) is 29.7 Å². The molecule has 2 aromatic rings. The zero-order valence-electron chi connectivity index (χ0n) is 14.0. The van der Waals surface area contributed by atoms with Crippen LogP contribution >= 0.6 is 0 Å². The van der Waals surface area contributed by atoms with Crippen LogP contribution in [0.1, 0.15) is 56.6 Å². The highest BCUT2D eigenvalue weighted by atomic mass is 16.5. The van der Waals surface area contributed by atoms with E-state index in [0.29, 0.717) is 24.2 Å². The molecule has 0 bridgehead atoms. The Kier molecular flexibility index (Phi) is 4.81. The van der Waals surface area contributed by atoms with Crippen LogP contribution in [-0.2, 0) is 11.2 Å².